The SMILES string of the molecule is C=CC(C=C(C(=N)N)S(=O)(=O)NCCN)=c1ccc2nccc(=C3C=CNC=C3)c2c1. The van der Waals surface area contributed by atoms with E-state index in [4.69, 9.17) is 16.9 Å². The van der Waals surface area contributed by atoms with Crippen LogP contribution in [-0.4, -0.2) is 32.3 Å². The average molecular weight is 437 g/mol. The van der Waals surface area contributed by atoms with Crippen molar-refractivity contribution in [3.8, 4) is 0 Å². The van der Waals surface area contributed by atoms with Crippen LogP contribution in [0.15, 0.2) is 78.7 Å². The maximum absolute atomic E-state index is 12.5. The van der Waals surface area contributed by atoms with Gasteiger partial charge in [-0.2, -0.15) is 0 Å². The zero-order valence-electron chi connectivity index (χ0n) is 16.8. The Hall–Kier alpha value is -3.53. The van der Waals surface area contributed by atoms with Crippen molar-refractivity contribution < 1.29 is 8.42 Å². The Morgan fingerprint density at radius 2 is 2.00 bits per heavy atom. The van der Waals surface area contributed by atoms with Crippen molar-refractivity contribution in [3.63, 3.8) is 0 Å². The second-order valence-electron chi connectivity index (χ2n) is 6.65. The molecule has 2 aromatic rings. The summed E-state index contributed by atoms with van der Waals surface area (Å²) in [5.41, 5.74) is 13.3. The molecule has 0 fully saturated rings. The lowest BCUT2D eigenvalue weighted by atomic mass is 10.0. The molecule has 2 heterocycles. The second kappa shape index (κ2) is 9.52. The lowest BCUT2D eigenvalue weighted by molar-refractivity contribution is 0.590. The minimum atomic E-state index is -3.99. The van der Waals surface area contributed by atoms with E-state index < -0.39 is 15.9 Å². The Labute approximate surface area is 180 Å². The van der Waals surface area contributed by atoms with Gasteiger partial charge in [-0.1, -0.05) is 18.7 Å². The first kappa shape index (κ1) is 22.2. The van der Waals surface area contributed by atoms with Crippen LogP contribution in [0.5, 0.6) is 0 Å². The number of allylic oxidation sites excluding steroid dienone is 4. The summed E-state index contributed by atoms with van der Waals surface area (Å²) in [6.45, 7) is 3.97. The maximum atomic E-state index is 12.5. The summed E-state index contributed by atoms with van der Waals surface area (Å²) in [4.78, 5) is 4.08. The Kier molecular flexibility index (Phi) is 6.81. The second-order valence-corrected chi connectivity index (χ2v) is 8.38. The molecule has 0 amide bonds. The molecule has 1 aliphatic heterocycles. The first-order valence-electron chi connectivity index (χ1n) is 9.48. The van der Waals surface area contributed by atoms with E-state index in [0.29, 0.717) is 10.8 Å². The van der Waals surface area contributed by atoms with E-state index in [-0.39, 0.29) is 18.0 Å². The number of dihydropyridines is 1. The quantitative estimate of drug-likeness (QED) is 0.306. The molecule has 160 valence electrons. The van der Waals surface area contributed by atoms with Gasteiger partial charge in [0.15, 0.2) is 0 Å². The summed E-state index contributed by atoms with van der Waals surface area (Å²) in [5.74, 6) is -0.576. The minimum Gasteiger partial charge on any atom is -0.383 e. The van der Waals surface area contributed by atoms with Gasteiger partial charge in [0, 0.05) is 37.1 Å². The van der Waals surface area contributed by atoms with Gasteiger partial charge >= 0.3 is 0 Å². The van der Waals surface area contributed by atoms with Crippen molar-refractivity contribution in [1.82, 2.24) is 15.0 Å². The predicted molar refractivity (Wildman–Crippen MR) is 125 cm³/mol. The molecule has 0 radical (unpaired) electrons. The van der Waals surface area contributed by atoms with Crippen LogP contribution >= 0.6 is 0 Å². The molecule has 0 saturated carbocycles. The number of benzene rings is 1. The maximum Gasteiger partial charge on any atom is 0.244 e. The largest absolute Gasteiger partial charge is 0.383 e. The van der Waals surface area contributed by atoms with E-state index in [1.54, 1.807) is 6.20 Å². The molecule has 1 aliphatic rings. The van der Waals surface area contributed by atoms with Crippen LogP contribution in [0, 0.1) is 5.41 Å². The smallest absolute Gasteiger partial charge is 0.244 e. The van der Waals surface area contributed by atoms with E-state index in [9.17, 15) is 8.42 Å². The molecule has 0 bridgehead atoms. The molecule has 1 aromatic carbocycles. The van der Waals surface area contributed by atoms with E-state index in [1.165, 1.54) is 12.2 Å². The molecule has 31 heavy (non-hydrogen) atoms. The number of nitrogens with zero attached hydrogens (tertiary/aromatic N) is 1. The van der Waals surface area contributed by atoms with Crippen molar-refractivity contribution in [1.29, 1.82) is 5.41 Å². The highest BCUT2D eigenvalue weighted by atomic mass is 32.2. The van der Waals surface area contributed by atoms with Crippen molar-refractivity contribution >= 4 is 37.9 Å². The predicted octanol–water partition coefficient (Wildman–Crippen LogP) is 0.0508. The number of amidine groups is 1. The van der Waals surface area contributed by atoms with E-state index in [2.05, 4.69) is 21.6 Å². The number of hydrogen-bond donors (Lipinski definition) is 5. The molecule has 3 rings (SSSR count). The molecular formula is C22H24N6O2S. The lowest BCUT2D eigenvalue weighted by Gasteiger charge is -2.09. The molecule has 0 spiro atoms. The van der Waals surface area contributed by atoms with Crippen molar-refractivity contribution in [3.05, 3.63) is 89.1 Å². The number of aromatic nitrogens is 1. The van der Waals surface area contributed by atoms with E-state index >= 15 is 0 Å². The topological polar surface area (TPSA) is 147 Å². The monoisotopic (exact) mass is 436 g/mol. The van der Waals surface area contributed by atoms with Crippen LogP contribution in [0.2, 0.25) is 0 Å². The fraction of sp³-hybridized carbons (Fsp3) is 0.0909. The fourth-order valence-corrected chi connectivity index (χ4v) is 4.23. The van der Waals surface area contributed by atoms with Gasteiger partial charge in [-0.15, -0.1) is 0 Å². The van der Waals surface area contributed by atoms with Crippen LogP contribution in [0.4, 0.5) is 0 Å². The van der Waals surface area contributed by atoms with Crippen LogP contribution in [-0.2, 0) is 10.0 Å². The third kappa shape index (κ3) is 4.97. The average Bonchev–Trinajstić information content (AvgIpc) is 2.78. The van der Waals surface area contributed by atoms with Gasteiger partial charge in [0.1, 0.15) is 10.7 Å². The summed E-state index contributed by atoms with van der Waals surface area (Å²) in [6, 6.07) is 7.52. The number of fused-ring (bicyclic) bond motifs is 1. The molecule has 0 aliphatic carbocycles. The van der Waals surface area contributed by atoms with Crippen LogP contribution in [0.1, 0.15) is 0 Å². The minimum absolute atomic E-state index is 0.0376. The molecular weight excluding hydrogens is 412 g/mol. The number of nitrogens with two attached hydrogens (primary N) is 2. The third-order valence-electron chi connectivity index (χ3n) is 4.60. The zero-order valence-corrected chi connectivity index (χ0v) is 17.6. The van der Waals surface area contributed by atoms with Gasteiger partial charge in [-0.3, -0.25) is 10.4 Å². The Balaban J connectivity index is 2.29. The standard InChI is InChI=1S/C22H24N6O2S/c1-2-15(14-21(22(24)25)31(29,30)28-12-8-23)17-3-4-20-19(13-17)18(7-11-27-20)16-5-9-26-10-6-16/h2-7,9-11,13-14,26,28H,1,8,12,23H2,(H3,24,25). The highest BCUT2D eigenvalue weighted by Gasteiger charge is 2.20. The molecule has 0 saturated heterocycles. The highest BCUT2D eigenvalue weighted by molar-refractivity contribution is 7.94. The van der Waals surface area contributed by atoms with Gasteiger partial charge in [-0.05, 0) is 58.0 Å². The van der Waals surface area contributed by atoms with Gasteiger partial charge in [0.05, 0.1) is 5.52 Å². The summed E-state index contributed by atoms with van der Waals surface area (Å²) in [7, 11) is -3.99. The van der Waals surface area contributed by atoms with Crippen LogP contribution in [0.25, 0.3) is 22.0 Å². The molecule has 8 nitrogen and oxygen atoms in total. The Morgan fingerprint density at radius 1 is 1.26 bits per heavy atom. The van der Waals surface area contributed by atoms with Gasteiger partial charge in [0.25, 0.3) is 0 Å². The van der Waals surface area contributed by atoms with Crippen molar-refractivity contribution in [2.75, 3.05) is 13.1 Å². The first-order chi connectivity index (χ1) is 14.9. The molecule has 1 aromatic heterocycles. The van der Waals surface area contributed by atoms with Crippen LogP contribution < -0.4 is 31.9 Å². The zero-order chi connectivity index (χ0) is 22.4. The number of sulfonamides is 1. The number of hydrogen-bond acceptors (Lipinski definition) is 6. The van der Waals surface area contributed by atoms with E-state index in [0.717, 1.165) is 21.7 Å². The number of nitrogens with one attached hydrogen (secondary N) is 3. The van der Waals surface area contributed by atoms with E-state index in [1.807, 2.05) is 48.8 Å². The van der Waals surface area contributed by atoms with Crippen molar-refractivity contribution in [2.24, 2.45) is 11.5 Å². The summed E-state index contributed by atoms with van der Waals surface area (Å²) in [6.07, 6.45) is 12.2. The molecule has 0 atom stereocenters. The van der Waals surface area contributed by atoms with Crippen LogP contribution in [0.3, 0.4) is 0 Å². The van der Waals surface area contributed by atoms with Crippen molar-refractivity contribution in [2.45, 2.75) is 0 Å². The Bertz CT molecular complexity index is 1340. The first-order valence-corrected chi connectivity index (χ1v) is 11.0. The number of rotatable bonds is 7. The lowest BCUT2D eigenvalue weighted by Crippen LogP contribution is -2.34. The summed E-state index contributed by atoms with van der Waals surface area (Å²) < 4.78 is 27.4. The highest BCUT2D eigenvalue weighted by Crippen LogP contribution is 2.12. The molecule has 0 unspecified atom stereocenters. The summed E-state index contributed by atoms with van der Waals surface area (Å²) in [5, 5.41) is 13.4. The normalized spacial score (nSPS) is 15.0. The fourth-order valence-electron chi connectivity index (χ4n) is 3.12. The number of pyridine rings is 1. The van der Waals surface area contributed by atoms with Gasteiger partial charge < -0.3 is 16.8 Å². The van der Waals surface area contributed by atoms with Gasteiger partial charge in [-0.25, -0.2) is 13.1 Å². The molecule has 7 N–H and O–H groups in total. The summed E-state index contributed by atoms with van der Waals surface area (Å²) >= 11 is 0. The third-order valence-corrected chi connectivity index (χ3v) is 6.10. The molecule has 9 heteroatoms. The van der Waals surface area contributed by atoms with Gasteiger partial charge in [0.2, 0.25) is 10.0 Å². The Morgan fingerprint density at radius 3 is 2.65 bits per heavy atom.